The Bertz CT molecular complexity index is 700. The molecule has 0 fully saturated rings. The first-order valence-electron chi connectivity index (χ1n) is 7.76. The van der Waals surface area contributed by atoms with Crippen LogP contribution in [0.2, 0.25) is 0 Å². The maximum Gasteiger partial charge on any atom is 0.284 e. The molecule has 0 aliphatic heterocycles. The summed E-state index contributed by atoms with van der Waals surface area (Å²) in [6.07, 6.45) is 1.63. The number of nitrogens with one attached hydrogen (secondary N) is 1. The highest BCUT2D eigenvalue weighted by Crippen LogP contribution is 2.27. The van der Waals surface area contributed by atoms with Gasteiger partial charge in [-0.2, -0.15) is 0 Å². The van der Waals surface area contributed by atoms with E-state index in [0.29, 0.717) is 11.3 Å². The van der Waals surface area contributed by atoms with E-state index in [1.54, 1.807) is 24.3 Å². The van der Waals surface area contributed by atoms with Crippen molar-refractivity contribution in [2.45, 2.75) is 39.7 Å². The summed E-state index contributed by atoms with van der Waals surface area (Å²) in [6, 6.07) is 9.00. The number of furan rings is 1. The number of nitrogens with two attached hydrogens (primary N) is 1. The second kappa shape index (κ2) is 7.13. The summed E-state index contributed by atoms with van der Waals surface area (Å²) in [6.45, 7) is 5.85. The third-order valence-electron chi connectivity index (χ3n) is 3.40. The first-order valence-corrected chi connectivity index (χ1v) is 7.76. The number of aryl methyl sites for hydroxylation is 1. The van der Waals surface area contributed by atoms with Crippen LogP contribution < -0.4 is 11.1 Å². The van der Waals surface area contributed by atoms with Crippen LogP contribution in [-0.2, 0) is 6.42 Å². The van der Waals surface area contributed by atoms with Gasteiger partial charge in [-0.1, -0.05) is 25.5 Å². The molecule has 1 aromatic carbocycles. The normalized spacial score (nSPS) is 10.8. The zero-order chi connectivity index (χ0) is 17.0. The van der Waals surface area contributed by atoms with E-state index in [1.807, 2.05) is 26.8 Å². The lowest BCUT2D eigenvalue weighted by Gasteiger charge is -2.08. The lowest BCUT2D eigenvalue weighted by atomic mass is 10.1. The molecular formula is C18H22N2O3. The Morgan fingerprint density at radius 2 is 1.87 bits per heavy atom. The molecular weight excluding hydrogens is 292 g/mol. The van der Waals surface area contributed by atoms with Crippen molar-refractivity contribution in [2.24, 2.45) is 5.73 Å². The molecule has 23 heavy (non-hydrogen) atoms. The number of primary amides is 1. The highest BCUT2D eigenvalue weighted by molar-refractivity contribution is 5.95. The van der Waals surface area contributed by atoms with Crippen molar-refractivity contribution in [3.05, 3.63) is 47.2 Å². The van der Waals surface area contributed by atoms with Gasteiger partial charge >= 0.3 is 0 Å². The molecule has 5 nitrogen and oxygen atoms in total. The third kappa shape index (κ3) is 4.00. The Morgan fingerprint density at radius 3 is 2.39 bits per heavy atom. The predicted molar refractivity (Wildman–Crippen MR) is 89.3 cm³/mol. The topological polar surface area (TPSA) is 85.3 Å². The quantitative estimate of drug-likeness (QED) is 0.859. The van der Waals surface area contributed by atoms with Crippen molar-refractivity contribution in [3.8, 4) is 11.3 Å². The van der Waals surface area contributed by atoms with E-state index in [0.717, 1.165) is 24.0 Å². The van der Waals surface area contributed by atoms with Crippen molar-refractivity contribution in [2.75, 3.05) is 0 Å². The van der Waals surface area contributed by atoms with E-state index in [2.05, 4.69) is 5.32 Å². The van der Waals surface area contributed by atoms with E-state index >= 15 is 0 Å². The molecule has 0 saturated carbocycles. The molecule has 0 saturated heterocycles. The third-order valence-corrected chi connectivity index (χ3v) is 3.40. The van der Waals surface area contributed by atoms with E-state index < -0.39 is 5.91 Å². The number of carbonyl (C=O) groups excluding carboxylic acids is 2. The summed E-state index contributed by atoms with van der Waals surface area (Å²) >= 11 is 0. The van der Waals surface area contributed by atoms with Crippen LogP contribution in [0.3, 0.4) is 0 Å². The largest absolute Gasteiger partial charge is 0.451 e. The van der Waals surface area contributed by atoms with Crippen molar-refractivity contribution < 1.29 is 14.0 Å². The molecule has 2 rings (SSSR count). The van der Waals surface area contributed by atoms with Crippen LogP contribution in [0.4, 0.5) is 0 Å². The van der Waals surface area contributed by atoms with Gasteiger partial charge in [-0.05, 0) is 38.5 Å². The molecule has 0 spiro atoms. The molecule has 0 bridgehead atoms. The van der Waals surface area contributed by atoms with E-state index in [1.165, 1.54) is 0 Å². The van der Waals surface area contributed by atoms with Gasteiger partial charge in [0.15, 0.2) is 5.76 Å². The van der Waals surface area contributed by atoms with E-state index in [-0.39, 0.29) is 17.7 Å². The number of rotatable bonds is 6. The van der Waals surface area contributed by atoms with Gasteiger partial charge in [-0.15, -0.1) is 0 Å². The van der Waals surface area contributed by atoms with E-state index in [4.69, 9.17) is 10.2 Å². The summed E-state index contributed by atoms with van der Waals surface area (Å²) in [4.78, 5) is 23.4. The Morgan fingerprint density at radius 1 is 1.22 bits per heavy atom. The molecule has 0 aliphatic rings. The first-order chi connectivity index (χ1) is 10.9. The minimum atomic E-state index is -0.562. The number of benzene rings is 1. The number of hydrogen-bond donors (Lipinski definition) is 2. The maximum atomic E-state index is 11.9. The minimum Gasteiger partial charge on any atom is -0.451 e. The maximum absolute atomic E-state index is 11.9. The lowest BCUT2D eigenvalue weighted by molar-refractivity contribution is 0.0941. The highest BCUT2D eigenvalue weighted by atomic mass is 16.4. The average molecular weight is 314 g/mol. The van der Waals surface area contributed by atoms with Crippen molar-refractivity contribution in [3.63, 3.8) is 0 Å². The van der Waals surface area contributed by atoms with Crippen LogP contribution in [0, 0.1) is 0 Å². The monoisotopic (exact) mass is 314 g/mol. The Kier molecular flexibility index (Phi) is 5.21. The summed E-state index contributed by atoms with van der Waals surface area (Å²) in [5.41, 5.74) is 7.56. The second-order valence-electron chi connectivity index (χ2n) is 5.78. The highest BCUT2D eigenvalue weighted by Gasteiger charge is 2.16. The van der Waals surface area contributed by atoms with Gasteiger partial charge < -0.3 is 15.5 Å². The molecule has 2 amide bonds. The van der Waals surface area contributed by atoms with Gasteiger partial charge in [-0.25, -0.2) is 0 Å². The van der Waals surface area contributed by atoms with Crippen LogP contribution in [0.25, 0.3) is 11.3 Å². The van der Waals surface area contributed by atoms with Crippen LogP contribution in [-0.4, -0.2) is 17.9 Å². The Labute approximate surface area is 135 Å². The zero-order valence-corrected chi connectivity index (χ0v) is 13.7. The van der Waals surface area contributed by atoms with E-state index in [9.17, 15) is 9.59 Å². The SMILES string of the molecule is CCCc1cc(-c2ccc(C(=O)NC(C)C)cc2)oc1C(N)=O. The van der Waals surface area contributed by atoms with Crippen LogP contribution in [0.15, 0.2) is 34.7 Å². The van der Waals surface area contributed by atoms with Gasteiger partial charge in [0.1, 0.15) is 5.76 Å². The molecule has 5 heteroatoms. The molecule has 122 valence electrons. The number of amides is 2. The van der Waals surface area contributed by atoms with Gasteiger partial charge in [0.2, 0.25) is 0 Å². The molecule has 2 aromatic rings. The molecule has 0 aliphatic carbocycles. The average Bonchev–Trinajstić information content (AvgIpc) is 2.91. The smallest absolute Gasteiger partial charge is 0.284 e. The molecule has 0 radical (unpaired) electrons. The van der Waals surface area contributed by atoms with Crippen molar-refractivity contribution >= 4 is 11.8 Å². The molecule has 0 atom stereocenters. The fraction of sp³-hybridized carbons (Fsp3) is 0.333. The fourth-order valence-electron chi connectivity index (χ4n) is 2.37. The van der Waals surface area contributed by atoms with Gasteiger partial charge in [0.25, 0.3) is 11.8 Å². The lowest BCUT2D eigenvalue weighted by Crippen LogP contribution is -2.29. The van der Waals surface area contributed by atoms with Gasteiger partial charge in [0, 0.05) is 22.7 Å². The van der Waals surface area contributed by atoms with Crippen molar-refractivity contribution in [1.82, 2.24) is 5.32 Å². The van der Waals surface area contributed by atoms with Crippen LogP contribution in [0.1, 0.15) is 53.7 Å². The minimum absolute atomic E-state index is 0.0852. The predicted octanol–water partition coefficient (Wildman–Crippen LogP) is 3.14. The second-order valence-corrected chi connectivity index (χ2v) is 5.78. The Hall–Kier alpha value is -2.56. The summed E-state index contributed by atoms with van der Waals surface area (Å²) in [5, 5.41) is 2.84. The van der Waals surface area contributed by atoms with Crippen LogP contribution >= 0.6 is 0 Å². The number of carbonyl (C=O) groups is 2. The van der Waals surface area contributed by atoms with Gasteiger partial charge in [-0.3, -0.25) is 9.59 Å². The van der Waals surface area contributed by atoms with Crippen molar-refractivity contribution in [1.29, 1.82) is 0 Å². The zero-order valence-electron chi connectivity index (χ0n) is 13.7. The fourth-order valence-corrected chi connectivity index (χ4v) is 2.37. The molecule has 1 aromatic heterocycles. The standard InChI is InChI=1S/C18H22N2O3/c1-4-5-14-10-15(23-16(14)17(19)21)12-6-8-13(9-7-12)18(22)20-11(2)3/h6-11H,4-5H2,1-3H3,(H2,19,21)(H,20,22). The summed E-state index contributed by atoms with van der Waals surface area (Å²) in [5.74, 6) is 0.115. The first kappa shape index (κ1) is 16.8. The van der Waals surface area contributed by atoms with Gasteiger partial charge in [0.05, 0.1) is 0 Å². The summed E-state index contributed by atoms with van der Waals surface area (Å²) in [7, 11) is 0. The van der Waals surface area contributed by atoms with Crippen LogP contribution in [0.5, 0.6) is 0 Å². The summed E-state index contributed by atoms with van der Waals surface area (Å²) < 4.78 is 5.60. The molecule has 0 unspecified atom stereocenters. The molecule has 1 heterocycles. The number of hydrogen-bond acceptors (Lipinski definition) is 3. The molecule has 3 N–H and O–H groups in total. The Balaban J connectivity index is 2.27.